The monoisotopic (exact) mass is 500 g/mol. The third-order valence-corrected chi connectivity index (χ3v) is 6.20. The Balaban J connectivity index is 1.50. The number of nitrogens with one attached hydrogen (secondary N) is 2. The second-order valence-corrected chi connectivity index (χ2v) is 10.4. The summed E-state index contributed by atoms with van der Waals surface area (Å²) < 4.78 is 19.2. The predicted octanol–water partition coefficient (Wildman–Crippen LogP) is 6.34. The number of carbonyl (C=O) groups is 2. The SMILES string of the molecule is Cc1cc(F)ccc1C(NC(=O)Cc1ccc2[nH]cc(CCC(=O)OC(C)(C)C)c2c1)c1ccccc1. The normalized spacial score (nSPS) is 12.4. The van der Waals surface area contributed by atoms with Gasteiger partial charge in [-0.1, -0.05) is 42.5 Å². The van der Waals surface area contributed by atoms with Gasteiger partial charge in [-0.25, -0.2) is 4.39 Å². The van der Waals surface area contributed by atoms with Crippen LogP contribution in [0, 0.1) is 12.7 Å². The Morgan fingerprint density at radius 2 is 1.78 bits per heavy atom. The van der Waals surface area contributed by atoms with E-state index in [1.54, 1.807) is 6.07 Å². The van der Waals surface area contributed by atoms with Crippen LogP contribution >= 0.6 is 0 Å². The fourth-order valence-electron chi connectivity index (χ4n) is 4.52. The molecule has 5 nitrogen and oxygen atoms in total. The highest BCUT2D eigenvalue weighted by atomic mass is 19.1. The average molecular weight is 501 g/mol. The number of aromatic nitrogens is 1. The van der Waals surface area contributed by atoms with Crippen LogP contribution in [0.3, 0.4) is 0 Å². The van der Waals surface area contributed by atoms with Gasteiger partial charge in [0.2, 0.25) is 5.91 Å². The fourth-order valence-corrected chi connectivity index (χ4v) is 4.52. The zero-order chi connectivity index (χ0) is 26.6. The van der Waals surface area contributed by atoms with Gasteiger partial charge in [0, 0.05) is 23.5 Å². The van der Waals surface area contributed by atoms with Crippen LogP contribution in [0.15, 0.2) is 72.9 Å². The number of carbonyl (C=O) groups excluding carboxylic acids is 2. The van der Waals surface area contributed by atoms with Gasteiger partial charge in [-0.05, 0) is 86.2 Å². The third kappa shape index (κ3) is 6.85. The summed E-state index contributed by atoms with van der Waals surface area (Å²) in [6.45, 7) is 7.41. The molecule has 192 valence electrons. The topological polar surface area (TPSA) is 71.2 Å². The molecule has 0 aliphatic rings. The van der Waals surface area contributed by atoms with Gasteiger partial charge in [0.1, 0.15) is 11.4 Å². The van der Waals surface area contributed by atoms with E-state index in [-0.39, 0.29) is 30.5 Å². The van der Waals surface area contributed by atoms with E-state index in [1.165, 1.54) is 12.1 Å². The van der Waals surface area contributed by atoms with E-state index in [1.807, 2.05) is 82.4 Å². The number of H-pyrrole nitrogens is 1. The fraction of sp³-hybridized carbons (Fsp3) is 0.290. The van der Waals surface area contributed by atoms with Crippen molar-refractivity contribution in [3.05, 3.63) is 107 Å². The molecule has 0 saturated carbocycles. The zero-order valence-corrected chi connectivity index (χ0v) is 21.7. The Bertz CT molecular complexity index is 1400. The lowest BCUT2D eigenvalue weighted by molar-refractivity contribution is -0.154. The first-order valence-electron chi connectivity index (χ1n) is 12.5. The lowest BCUT2D eigenvalue weighted by Gasteiger charge is -2.22. The quantitative estimate of drug-likeness (QED) is 0.278. The van der Waals surface area contributed by atoms with Crippen molar-refractivity contribution in [3.8, 4) is 0 Å². The van der Waals surface area contributed by atoms with E-state index in [2.05, 4.69) is 10.3 Å². The Morgan fingerprint density at radius 3 is 2.49 bits per heavy atom. The Hall–Kier alpha value is -3.93. The summed E-state index contributed by atoms with van der Waals surface area (Å²) in [7, 11) is 0. The van der Waals surface area contributed by atoms with E-state index in [0.29, 0.717) is 6.42 Å². The molecule has 0 aliphatic heterocycles. The smallest absolute Gasteiger partial charge is 0.306 e. The number of aromatic amines is 1. The summed E-state index contributed by atoms with van der Waals surface area (Å²) in [4.78, 5) is 28.6. The average Bonchev–Trinajstić information content (AvgIpc) is 3.23. The molecule has 37 heavy (non-hydrogen) atoms. The van der Waals surface area contributed by atoms with Crippen molar-refractivity contribution in [1.82, 2.24) is 10.3 Å². The highest BCUT2D eigenvalue weighted by Gasteiger charge is 2.20. The number of esters is 1. The molecule has 1 heterocycles. The van der Waals surface area contributed by atoms with Crippen molar-refractivity contribution in [3.63, 3.8) is 0 Å². The van der Waals surface area contributed by atoms with Crippen LogP contribution in [0.25, 0.3) is 10.9 Å². The first-order valence-corrected chi connectivity index (χ1v) is 12.5. The van der Waals surface area contributed by atoms with E-state index < -0.39 is 11.6 Å². The van der Waals surface area contributed by atoms with Crippen molar-refractivity contribution < 1.29 is 18.7 Å². The summed E-state index contributed by atoms with van der Waals surface area (Å²) in [5, 5.41) is 4.14. The van der Waals surface area contributed by atoms with E-state index in [4.69, 9.17) is 4.74 Å². The molecular weight excluding hydrogens is 467 g/mol. The molecule has 1 amide bonds. The molecule has 0 fully saturated rings. The second kappa shape index (κ2) is 11.0. The van der Waals surface area contributed by atoms with Crippen LogP contribution in [-0.4, -0.2) is 22.5 Å². The van der Waals surface area contributed by atoms with Gasteiger partial charge in [-0.2, -0.15) is 0 Å². The van der Waals surface area contributed by atoms with Gasteiger partial charge >= 0.3 is 5.97 Å². The molecule has 1 unspecified atom stereocenters. The molecule has 4 rings (SSSR count). The number of halogens is 1. The van der Waals surface area contributed by atoms with Crippen molar-refractivity contribution >= 4 is 22.8 Å². The molecule has 1 atom stereocenters. The number of benzene rings is 3. The minimum atomic E-state index is -0.512. The first-order chi connectivity index (χ1) is 17.6. The molecule has 4 aromatic rings. The van der Waals surface area contributed by atoms with Gasteiger partial charge in [0.25, 0.3) is 0 Å². The third-order valence-electron chi connectivity index (χ3n) is 6.20. The van der Waals surface area contributed by atoms with Gasteiger partial charge in [-0.3, -0.25) is 9.59 Å². The summed E-state index contributed by atoms with van der Waals surface area (Å²) in [5.41, 5.74) is 4.87. The van der Waals surface area contributed by atoms with Crippen molar-refractivity contribution in [2.75, 3.05) is 0 Å². The van der Waals surface area contributed by atoms with Gasteiger partial charge in [-0.15, -0.1) is 0 Å². The molecular formula is C31H33FN2O3. The summed E-state index contributed by atoms with van der Waals surface area (Å²) in [5.74, 6) is -0.676. The number of hydrogen-bond donors (Lipinski definition) is 2. The number of ether oxygens (including phenoxy) is 1. The molecule has 0 radical (unpaired) electrons. The Kier molecular flexibility index (Phi) is 7.77. The standard InChI is InChI=1S/C31H33FN2O3/c1-20-16-24(32)12-13-25(20)30(22-8-6-5-7-9-22)34-28(35)18-21-10-14-27-26(17-21)23(19-33-27)11-15-29(36)37-31(2,3)4/h5-10,12-14,16-17,19,30,33H,11,15,18H2,1-4H3,(H,34,35). The minimum absolute atomic E-state index is 0.136. The molecule has 0 spiro atoms. The molecule has 1 aromatic heterocycles. The lowest BCUT2D eigenvalue weighted by Crippen LogP contribution is -2.31. The van der Waals surface area contributed by atoms with Crippen LogP contribution in [0.5, 0.6) is 0 Å². The number of fused-ring (bicyclic) bond motifs is 1. The van der Waals surface area contributed by atoms with Crippen LogP contribution in [0.1, 0.15) is 61.1 Å². The minimum Gasteiger partial charge on any atom is -0.460 e. The van der Waals surface area contributed by atoms with E-state index in [9.17, 15) is 14.0 Å². The van der Waals surface area contributed by atoms with Crippen molar-refractivity contribution in [2.45, 2.75) is 58.6 Å². The van der Waals surface area contributed by atoms with Gasteiger partial charge < -0.3 is 15.0 Å². The van der Waals surface area contributed by atoms with Crippen molar-refractivity contribution in [1.29, 1.82) is 0 Å². The largest absolute Gasteiger partial charge is 0.460 e. The van der Waals surface area contributed by atoms with Gasteiger partial charge in [0.05, 0.1) is 12.5 Å². The van der Waals surface area contributed by atoms with Crippen LogP contribution in [-0.2, 0) is 27.2 Å². The maximum atomic E-state index is 13.8. The highest BCUT2D eigenvalue weighted by molar-refractivity contribution is 5.86. The lowest BCUT2D eigenvalue weighted by atomic mass is 9.94. The van der Waals surface area contributed by atoms with E-state index in [0.717, 1.165) is 38.7 Å². The van der Waals surface area contributed by atoms with Crippen LogP contribution in [0.4, 0.5) is 4.39 Å². The zero-order valence-electron chi connectivity index (χ0n) is 21.7. The Labute approximate surface area is 217 Å². The second-order valence-electron chi connectivity index (χ2n) is 10.4. The number of amides is 1. The highest BCUT2D eigenvalue weighted by Crippen LogP contribution is 2.26. The van der Waals surface area contributed by atoms with Gasteiger partial charge in [0.15, 0.2) is 0 Å². The number of rotatable bonds is 8. The molecule has 0 aliphatic carbocycles. The summed E-state index contributed by atoms with van der Waals surface area (Å²) in [6.07, 6.45) is 2.92. The number of hydrogen-bond acceptors (Lipinski definition) is 3. The Morgan fingerprint density at radius 1 is 1.03 bits per heavy atom. The first kappa shape index (κ1) is 26.1. The van der Waals surface area contributed by atoms with Crippen LogP contribution < -0.4 is 5.32 Å². The number of aryl methyl sites for hydroxylation is 2. The summed E-state index contributed by atoms with van der Waals surface area (Å²) >= 11 is 0. The molecule has 2 N–H and O–H groups in total. The van der Waals surface area contributed by atoms with Crippen molar-refractivity contribution in [2.24, 2.45) is 0 Å². The molecule has 0 saturated heterocycles. The molecule has 6 heteroatoms. The maximum absolute atomic E-state index is 13.8. The van der Waals surface area contributed by atoms with Crippen LogP contribution in [0.2, 0.25) is 0 Å². The molecule has 0 bridgehead atoms. The predicted molar refractivity (Wildman–Crippen MR) is 144 cm³/mol. The summed E-state index contributed by atoms with van der Waals surface area (Å²) in [6, 6.07) is 19.8. The van der Waals surface area contributed by atoms with E-state index >= 15 is 0 Å². The maximum Gasteiger partial charge on any atom is 0.306 e. The molecule has 3 aromatic carbocycles.